The van der Waals surface area contributed by atoms with Gasteiger partial charge in [-0.3, -0.25) is 4.79 Å². The number of alkyl halides is 2. The first-order chi connectivity index (χ1) is 8.93. The number of ketones is 1. The number of benzene rings is 1. The van der Waals surface area contributed by atoms with Gasteiger partial charge in [-0.1, -0.05) is 12.1 Å². The lowest BCUT2D eigenvalue weighted by Gasteiger charge is -2.05. The zero-order valence-electron chi connectivity index (χ0n) is 9.80. The van der Waals surface area contributed by atoms with Crippen LogP contribution in [0.5, 0.6) is 5.75 Å². The minimum Gasteiger partial charge on any atom is -0.502 e. The highest BCUT2D eigenvalue weighted by atomic mass is 19.3. The molecule has 0 saturated carbocycles. The third-order valence-corrected chi connectivity index (χ3v) is 2.01. The summed E-state index contributed by atoms with van der Waals surface area (Å²) in [6.07, 6.45) is 0.632. The molecule has 0 saturated heterocycles. The standard InChI is InChI=1S/C12H10F2O5/c1-18-11(17)10(16)6-9(15)7-3-2-4-8(5-7)19-12(13)14/h2-6,12,16H,1H3. The van der Waals surface area contributed by atoms with Gasteiger partial charge in [-0.05, 0) is 12.1 Å². The number of aliphatic hydroxyl groups excluding tert-OH is 1. The minimum atomic E-state index is -3.01. The first kappa shape index (κ1) is 14.6. The Morgan fingerprint density at radius 3 is 2.63 bits per heavy atom. The van der Waals surface area contributed by atoms with Crippen molar-refractivity contribution in [3.63, 3.8) is 0 Å². The number of carbonyl (C=O) groups is 2. The van der Waals surface area contributed by atoms with Crippen molar-refractivity contribution in [2.45, 2.75) is 6.61 Å². The molecule has 0 amide bonds. The van der Waals surface area contributed by atoms with Crippen molar-refractivity contribution >= 4 is 11.8 Å². The van der Waals surface area contributed by atoms with Crippen molar-refractivity contribution in [2.75, 3.05) is 7.11 Å². The van der Waals surface area contributed by atoms with Gasteiger partial charge in [0.05, 0.1) is 7.11 Å². The van der Waals surface area contributed by atoms with Gasteiger partial charge in [-0.2, -0.15) is 8.78 Å². The van der Waals surface area contributed by atoms with Gasteiger partial charge < -0.3 is 14.6 Å². The molecule has 102 valence electrons. The molecular weight excluding hydrogens is 262 g/mol. The molecule has 1 rings (SSSR count). The summed E-state index contributed by atoms with van der Waals surface area (Å²) in [5, 5.41) is 9.18. The average molecular weight is 272 g/mol. The predicted octanol–water partition coefficient (Wildman–Crippen LogP) is 2.09. The van der Waals surface area contributed by atoms with Crippen LogP contribution in [0.3, 0.4) is 0 Å². The Hall–Kier alpha value is -2.44. The van der Waals surface area contributed by atoms with Gasteiger partial charge in [-0.25, -0.2) is 4.79 Å². The monoisotopic (exact) mass is 272 g/mol. The first-order valence-electron chi connectivity index (χ1n) is 5.02. The number of hydrogen-bond donors (Lipinski definition) is 1. The van der Waals surface area contributed by atoms with Gasteiger partial charge in [0, 0.05) is 11.6 Å². The maximum atomic E-state index is 12.0. The summed E-state index contributed by atoms with van der Waals surface area (Å²) >= 11 is 0. The zero-order chi connectivity index (χ0) is 14.4. The second-order valence-electron chi connectivity index (χ2n) is 3.29. The van der Waals surface area contributed by atoms with Gasteiger partial charge in [0.2, 0.25) is 5.76 Å². The quantitative estimate of drug-likeness (QED) is 0.384. The van der Waals surface area contributed by atoms with E-state index in [-0.39, 0.29) is 11.3 Å². The van der Waals surface area contributed by atoms with E-state index in [2.05, 4.69) is 9.47 Å². The molecule has 0 aliphatic carbocycles. The lowest BCUT2D eigenvalue weighted by Crippen LogP contribution is -2.07. The van der Waals surface area contributed by atoms with Crippen LogP contribution in [-0.2, 0) is 9.53 Å². The van der Waals surface area contributed by atoms with Crippen molar-refractivity contribution in [1.29, 1.82) is 0 Å². The Labute approximate surface area is 107 Å². The van der Waals surface area contributed by atoms with Crippen molar-refractivity contribution in [2.24, 2.45) is 0 Å². The number of rotatable bonds is 5. The highest BCUT2D eigenvalue weighted by Gasteiger charge is 2.12. The van der Waals surface area contributed by atoms with Crippen LogP contribution in [0.15, 0.2) is 36.1 Å². The Kier molecular flexibility index (Phi) is 4.99. The third kappa shape index (κ3) is 4.38. The molecule has 0 aliphatic rings. The Morgan fingerprint density at radius 1 is 1.37 bits per heavy atom. The molecule has 0 unspecified atom stereocenters. The van der Waals surface area contributed by atoms with E-state index in [0.29, 0.717) is 6.08 Å². The molecule has 5 nitrogen and oxygen atoms in total. The van der Waals surface area contributed by atoms with Crippen molar-refractivity contribution < 1.29 is 33.0 Å². The summed E-state index contributed by atoms with van der Waals surface area (Å²) in [7, 11) is 1.04. The molecule has 7 heteroatoms. The largest absolute Gasteiger partial charge is 0.502 e. The van der Waals surface area contributed by atoms with E-state index in [4.69, 9.17) is 0 Å². The van der Waals surface area contributed by atoms with E-state index in [1.807, 2.05) is 0 Å². The minimum absolute atomic E-state index is 0.0198. The third-order valence-electron chi connectivity index (χ3n) is 2.01. The van der Waals surface area contributed by atoms with Crippen LogP contribution in [0.1, 0.15) is 10.4 Å². The van der Waals surface area contributed by atoms with Crippen LogP contribution in [0.4, 0.5) is 8.78 Å². The molecule has 0 aromatic heterocycles. The molecule has 0 spiro atoms. The van der Waals surface area contributed by atoms with Crippen molar-refractivity contribution in [3.8, 4) is 5.75 Å². The number of esters is 1. The van der Waals surface area contributed by atoms with E-state index in [0.717, 1.165) is 13.2 Å². The highest BCUT2D eigenvalue weighted by Crippen LogP contribution is 2.16. The number of aliphatic hydroxyl groups is 1. The fraction of sp³-hybridized carbons (Fsp3) is 0.167. The summed E-state index contributed by atoms with van der Waals surface area (Å²) in [5.74, 6) is -2.91. The summed E-state index contributed by atoms with van der Waals surface area (Å²) in [6.45, 7) is -3.01. The van der Waals surface area contributed by atoms with E-state index < -0.39 is 24.1 Å². The van der Waals surface area contributed by atoms with Crippen LogP contribution in [-0.4, -0.2) is 30.6 Å². The Morgan fingerprint density at radius 2 is 2.05 bits per heavy atom. The van der Waals surface area contributed by atoms with E-state index in [1.54, 1.807) is 0 Å². The first-order valence-corrected chi connectivity index (χ1v) is 5.02. The number of allylic oxidation sites excluding steroid dienone is 1. The molecule has 19 heavy (non-hydrogen) atoms. The van der Waals surface area contributed by atoms with E-state index in [9.17, 15) is 23.5 Å². The van der Waals surface area contributed by atoms with E-state index in [1.165, 1.54) is 18.2 Å². The van der Waals surface area contributed by atoms with Gasteiger partial charge in [-0.15, -0.1) is 0 Å². The van der Waals surface area contributed by atoms with Gasteiger partial charge in [0.25, 0.3) is 0 Å². The molecule has 0 aliphatic heterocycles. The molecule has 0 atom stereocenters. The predicted molar refractivity (Wildman–Crippen MR) is 60.1 cm³/mol. The maximum Gasteiger partial charge on any atom is 0.387 e. The molecule has 0 fully saturated rings. The lowest BCUT2D eigenvalue weighted by atomic mass is 10.1. The fourth-order valence-corrected chi connectivity index (χ4v) is 1.20. The average Bonchev–Trinajstić information content (AvgIpc) is 2.37. The maximum absolute atomic E-state index is 12.0. The molecular formula is C12H10F2O5. The van der Waals surface area contributed by atoms with E-state index >= 15 is 0 Å². The Balaban J connectivity index is 2.91. The number of methoxy groups -OCH3 is 1. The number of ether oxygens (including phenoxy) is 2. The molecule has 0 radical (unpaired) electrons. The smallest absolute Gasteiger partial charge is 0.387 e. The summed E-state index contributed by atoms with van der Waals surface area (Å²) in [5.41, 5.74) is -0.0198. The second-order valence-corrected chi connectivity index (χ2v) is 3.29. The normalized spacial score (nSPS) is 11.3. The zero-order valence-corrected chi connectivity index (χ0v) is 9.80. The molecule has 1 aromatic carbocycles. The Bertz CT molecular complexity index is 511. The highest BCUT2D eigenvalue weighted by molar-refractivity contribution is 6.08. The van der Waals surface area contributed by atoms with Gasteiger partial charge in [0.1, 0.15) is 5.75 Å². The van der Waals surface area contributed by atoms with Crippen LogP contribution in [0, 0.1) is 0 Å². The van der Waals surface area contributed by atoms with Crippen LogP contribution in [0.2, 0.25) is 0 Å². The molecule has 1 aromatic rings. The molecule has 0 bridgehead atoms. The van der Waals surface area contributed by atoms with Gasteiger partial charge >= 0.3 is 12.6 Å². The number of carbonyl (C=O) groups excluding carboxylic acids is 2. The molecule has 1 N–H and O–H groups in total. The lowest BCUT2D eigenvalue weighted by molar-refractivity contribution is -0.139. The fourth-order valence-electron chi connectivity index (χ4n) is 1.20. The summed E-state index contributed by atoms with van der Waals surface area (Å²) in [6, 6.07) is 4.96. The SMILES string of the molecule is COC(=O)C(O)=CC(=O)c1cccc(OC(F)F)c1. The topological polar surface area (TPSA) is 72.8 Å². The van der Waals surface area contributed by atoms with Crippen LogP contribution >= 0.6 is 0 Å². The van der Waals surface area contributed by atoms with Gasteiger partial charge in [0.15, 0.2) is 5.78 Å². The van der Waals surface area contributed by atoms with Crippen LogP contribution < -0.4 is 4.74 Å². The summed E-state index contributed by atoms with van der Waals surface area (Å²) < 4.78 is 32.3. The van der Waals surface area contributed by atoms with Crippen molar-refractivity contribution in [3.05, 3.63) is 41.7 Å². The number of hydrogen-bond acceptors (Lipinski definition) is 5. The summed E-state index contributed by atoms with van der Waals surface area (Å²) in [4.78, 5) is 22.5. The van der Waals surface area contributed by atoms with Crippen molar-refractivity contribution in [1.82, 2.24) is 0 Å². The number of halogens is 2. The van der Waals surface area contributed by atoms with Crippen LogP contribution in [0.25, 0.3) is 0 Å². The second kappa shape index (κ2) is 6.48. The molecule has 0 heterocycles.